The minimum Gasteiger partial charge on any atom is -0.258 e. The normalized spacial score (nSPS) is 16.9. The average molecular weight is 214 g/mol. The molecule has 0 saturated carbocycles. The van der Waals surface area contributed by atoms with Gasteiger partial charge >= 0.3 is 0 Å². The van der Waals surface area contributed by atoms with Crippen molar-refractivity contribution in [2.75, 3.05) is 0 Å². The molecule has 1 aliphatic rings. The molecule has 0 saturated heterocycles. The van der Waals surface area contributed by atoms with Gasteiger partial charge in [0, 0.05) is 12.1 Å². The van der Waals surface area contributed by atoms with Crippen LogP contribution >= 0.6 is 0 Å². The molecule has 0 atom stereocenters. The number of hydrogen-bond donors (Lipinski definition) is 0. The van der Waals surface area contributed by atoms with Gasteiger partial charge in [-0.1, -0.05) is 24.3 Å². The van der Waals surface area contributed by atoms with Crippen LogP contribution < -0.4 is 0 Å². The Labute approximate surface area is 93.0 Å². The number of hydrogen-bond acceptors (Lipinski definition) is 3. The molecule has 0 unspecified atom stereocenters. The smallest absolute Gasteiger partial charge is 0.258 e. The van der Waals surface area contributed by atoms with Crippen LogP contribution in [0, 0.1) is 21.4 Å². The third-order valence-electron chi connectivity index (χ3n) is 2.92. The Morgan fingerprint density at radius 2 is 2.06 bits per heavy atom. The first-order valence-corrected chi connectivity index (χ1v) is 4.99. The third-order valence-corrected chi connectivity index (χ3v) is 2.92. The lowest BCUT2D eigenvalue weighted by atomic mass is 9.79. The summed E-state index contributed by atoms with van der Waals surface area (Å²) in [5.74, 6) is 0. The van der Waals surface area contributed by atoms with Crippen LogP contribution in [0.3, 0.4) is 0 Å². The summed E-state index contributed by atoms with van der Waals surface area (Å²) in [5, 5.41) is 19.9. The number of rotatable bonds is 2. The van der Waals surface area contributed by atoms with Crippen LogP contribution in [-0.4, -0.2) is 4.92 Å². The molecule has 1 aromatic carbocycles. The molecule has 4 nitrogen and oxygen atoms in total. The van der Waals surface area contributed by atoms with Gasteiger partial charge in [-0.3, -0.25) is 10.1 Å². The predicted octanol–water partition coefficient (Wildman–Crippen LogP) is 2.71. The second-order valence-corrected chi connectivity index (χ2v) is 3.88. The van der Waals surface area contributed by atoms with E-state index in [1.165, 1.54) is 12.1 Å². The maximum absolute atomic E-state index is 10.7. The van der Waals surface area contributed by atoms with Crippen LogP contribution in [-0.2, 0) is 5.41 Å². The lowest BCUT2D eigenvalue weighted by molar-refractivity contribution is -0.384. The number of allylic oxidation sites excluding steroid dienone is 2. The van der Waals surface area contributed by atoms with E-state index in [-0.39, 0.29) is 5.69 Å². The summed E-state index contributed by atoms with van der Waals surface area (Å²) in [6.07, 6.45) is 5.15. The Balaban J connectivity index is 2.44. The van der Waals surface area contributed by atoms with Crippen molar-refractivity contribution in [3.05, 3.63) is 52.1 Å². The van der Waals surface area contributed by atoms with Gasteiger partial charge < -0.3 is 0 Å². The molecular weight excluding hydrogens is 204 g/mol. The predicted molar refractivity (Wildman–Crippen MR) is 58.8 cm³/mol. The number of nitrogens with zero attached hydrogens (tertiary/aromatic N) is 2. The van der Waals surface area contributed by atoms with Crippen molar-refractivity contribution in [1.29, 1.82) is 5.26 Å². The Bertz CT molecular complexity index is 492. The third kappa shape index (κ3) is 1.57. The van der Waals surface area contributed by atoms with Gasteiger partial charge in [0.05, 0.1) is 16.4 Å². The molecule has 0 heterocycles. The van der Waals surface area contributed by atoms with Gasteiger partial charge in [0.2, 0.25) is 0 Å². The first-order chi connectivity index (χ1) is 7.68. The first kappa shape index (κ1) is 10.4. The van der Waals surface area contributed by atoms with E-state index < -0.39 is 10.3 Å². The molecule has 80 valence electrons. The average Bonchev–Trinajstić information content (AvgIpc) is 2.79. The van der Waals surface area contributed by atoms with Gasteiger partial charge in [0.1, 0.15) is 0 Å². The number of nitro groups is 1. The zero-order valence-electron chi connectivity index (χ0n) is 8.59. The van der Waals surface area contributed by atoms with Crippen LogP contribution in [0.4, 0.5) is 5.69 Å². The maximum atomic E-state index is 10.7. The highest BCUT2D eigenvalue weighted by atomic mass is 16.6. The van der Waals surface area contributed by atoms with Crippen molar-refractivity contribution < 1.29 is 4.92 Å². The first-order valence-electron chi connectivity index (χ1n) is 4.99. The summed E-state index contributed by atoms with van der Waals surface area (Å²) in [6, 6.07) is 8.62. The number of nitriles is 1. The van der Waals surface area contributed by atoms with Gasteiger partial charge in [0.25, 0.3) is 5.69 Å². The molecule has 0 fully saturated rings. The number of non-ortho nitro benzene ring substituents is 1. The quantitative estimate of drug-likeness (QED) is 0.432. The summed E-state index contributed by atoms with van der Waals surface area (Å²) in [4.78, 5) is 10.2. The lowest BCUT2D eigenvalue weighted by Crippen LogP contribution is -2.19. The SMILES string of the molecule is N#CC1(c2cccc([N+](=O)[O-])c2)CC=CC1. The van der Waals surface area contributed by atoms with Gasteiger partial charge in [-0.05, 0) is 18.4 Å². The molecule has 1 aromatic rings. The molecule has 0 bridgehead atoms. The fraction of sp³-hybridized carbons (Fsp3) is 0.250. The van der Waals surface area contributed by atoms with Gasteiger partial charge in [-0.25, -0.2) is 0 Å². The molecule has 0 amide bonds. The Hall–Kier alpha value is -2.15. The number of nitro benzene ring substituents is 1. The van der Waals surface area contributed by atoms with Crippen molar-refractivity contribution in [2.45, 2.75) is 18.3 Å². The molecular formula is C12H10N2O2. The number of benzene rings is 1. The fourth-order valence-electron chi connectivity index (χ4n) is 1.96. The molecule has 0 aromatic heterocycles. The lowest BCUT2D eigenvalue weighted by Gasteiger charge is -2.20. The van der Waals surface area contributed by atoms with Crippen LogP contribution in [0.15, 0.2) is 36.4 Å². The van der Waals surface area contributed by atoms with Crippen LogP contribution in [0.2, 0.25) is 0 Å². The fourth-order valence-corrected chi connectivity index (χ4v) is 1.96. The summed E-state index contributed by atoms with van der Waals surface area (Å²) in [7, 11) is 0. The summed E-state index contributed by atoms with van der Waals surface area (Å²) in [6.45, 7) is 0. The van der Waals surface area contributed by atoms with Crippen molar-refractivity contribution in [3.63, 3.8) is 0 Å². The topological polar surface area (TPSA) is 66.9 Å². The van der Waals surface area contributed by atoms with Gasteiger partial charge in [-0.15, -0.1) is 0 Å². The van der Waals surface area contributed by atoms with Crippen LogP contribution in [0.25, 0.3) is 0 Å². The summed E-state index contributed by atoms with van der Waals surface area (Å²) >= 11 is 0. The van der Waals surface area contributed by atoms with E-state index in [9.17, 15) is 15.4 Å². The largest absolute Gasteiger partial charge is 0.269 e. The molecule has 1 aliphatic carbocycles. The van der Waals surface area contributed by atoms with Crippen LogP contribution in [0.5, 0.6) is 0 Å². The molecule has 0 radical (unpaired) electrons. The highest BCUT2D eigenvalue weighted by Gasteiger charge is 2.33. The van der Waals surface area contributed by atoms with E-state index in [0.29, 0.717) is 12.8 Å². The van der Waals surface area contributed by atoms with E-state index >= 15 is 0 Å². The maximum Gasteiger partial charge on any atom is 0.269 e. The second kappa shape index (κ2) is 3.78. The van der Waals surface area contributed by atoms with Gasteiger partial charge in [-0.2, -0.15) is 5.26 Å². The molecule has 0 aliphatic heterocycles. The minimum absolute atomic E-state index is 0.0408. The van der Waals surface area contributed by atoms with Crippen molar-refractivity contribution >= 4 is 5.69 Å². The van der Waals surface area contributed by atoms with Crippen molar-refractivity contribution in [3.8, 4) is 6.07 Å². The molecule has 16 heavy (non-hydrogen) atoms. The summed E-state index contributed by atoms with van der Waals surface area (Å²) < 4.78 is 0. The standard InChI is InChI=1S/C12H10N2O2/c13-9-12(6-1-2-7-12)10-4-3-5-11(8-10)14(15)16/h1-5,8H,6-7H2. The van der Waals surface area contributed by atoms with Gasteiger partial charge in [0.15, 0.2) is 0 Å². The molecule has 0 spiro atoms. The highest BCUT2D eigenvalue weighted by Crippen LogP contribution is 2.37. The molecule has 4 heteroatoms. The second-order valence-electron chi connectivity index (χ2n) is 3.88. The van der Waals surface area contributed by atoms with E-state index in [2.05, 4.69) is 6.07 Å². The Morgan fingerprint density at radius 1 is 1.38 bits per heavy atom. The Morgan fingerprint density at radius 3 is 2.62 bits per heavy atom. The Kier molecular flexibility index (Phi) is 2.45. The molecule has 2 rings (SSSR count). The van der Waals surface area contributed by atoms with Crippen molar-refractivity contribution in [1.82, 2.24) is 0 Å². The van der Waals surface area contributed by atoms with E-state index in [1.54, 1.807) is 12.1 Å². The monoisotopic (exact) mass is 214 g/mol. The zero-order chi connectivity index (χ0) is 11.6. The highest BCUT2D eigenvalue weighted by molar-refractivity contribution is 5.43. The summed E-state index contributed by atoms with van der Waals surface area (Å²) in [5.41, 5.74) is 0.166. The van der Waals surface area contributed by atoms with E-state index in [1.807, 2.05) is 12.2 Å². The van der Waals surface area contributed by atoms with Crippen LogP contribution in [0.1, 0.15) is 18.4 Å². The zero-order valence-corrected chi connectivity index (χ0v) is 8.59. The molecule has 0 N–H and O–H groups in total. The van der Waals surface area contributed by atoms with E-state index in [0.717, 1.165) is 5.56 Å². The van der Waals surface area contributed by atoms with Crippen molar-refractivity contribution in [2.24, 2.45) is 0 Å². The van der Waals surface area contributed by atoms with E-state index in [4.69, 9.17) is 0 Å². The minimum atomic E-state index is -0.605.